The van der Waals surface area contributed by atoms with E-state index in [9.17, 15) is 9.90 Å². The van der Waals surface area contributed by atoms with Crippen molar-refractivity contribution in [3.8, 4) is 5.75 Å². The number of phenols is 1. The number of carbonyl (C=O) groups excluding carboxylic acids is 1. The number of furan rings is 1. The van der Waals surface area contributed by atoms with Gasteiger partial charge in [0.15, 0.2) is 0 Å². The molecule has 1 N–H and O–H groups in total. The smallest absolute Gasteiger partial charge is 0.228 e. The third-order valence-electron chi connectivity index (χ3n) is 2.88. The van der Waals surface area contributed by atoms with Crippen LogP contribution in [0.15, 0.2) is 22.6 Å². The number of aromatic hydroxyl groups is 1. The maximum absolute atomic E-state index is 11.6. The molecule has 4 heteroatoms. The Morgan fingerprint density at radius 3 is 2.82 bits per heavy atom. The lowest BCUT2D eigenvalue weighted by molar-refractivity contribution is -0.118. The van der Waals surface area contributed by atoms with E-state index in [1.807, 2.05) is 13.8 Å². The van der Waals surface area contributed by atoms with Crippen LogP contribution in [0.1, 0.15) is 18.9 Å². The molecule has 0 saturated heterocycles. The molecule has 0 saturated carbocycles. The molecule has 0 unspecified atom stereocenters. The number of hydrogen-bond donors (Lipinski definition) is 1. The Bertz CT molecular complexity index is 571. The predicted octanol–water partition coefficient (Wildman–Crippen LogP) is 2.82. The van der Waals surface area contributed by atoms with Crippen molar-refractivity contribution in [2.45, 2.75) is 20.3 Å². The van der Waals surface area contributed by atoms with Crippen molar-refractivity contribution < 1.29 is 14.3 Å². The number of phenolic OH excluding ortho intramolecular Hbond substituents is 1. The maximum atomic E-state index is 11.6. The highest BCUT2D eigenvalue weighted by atomic mass is 16.4. The molecule has 0 spiro atoms. The molecule has 0 atom stereocenters. The van der Waals surface area contributed by atoms with Crippen LogP contribution in [0.25, 0.3) is 11.0 Å². The Kier molecular flexibility index (Phi) is 2.79. The molecule has 0 bridgehead atoms. The number of nitrogens with zero attached hydrogens (tertiary/aromatic N) is 1. The molecule has 0 aliphatic heterocycles. The fraction of sp³-hybridized carbons (Fsp3) is 0.308. The van der Waals surface area contributed by atoms with Crippen LogP contribution in [0.4, 0.5) is 5.88 Å². The summed E-state index contributed by atoms with van der Waals surface area (Å²) in [6.07, 6.45) is 0.429. The van der Waals surface area contributed by atoms with Gasteiger partial charge < -0.3 is 9.52 Å². The van der Waals surface area contributed by atoms with Gasteiger partial charge in [0, 0.05) is 24.4 Å². The third kappa shape index (κ3) is 1.86. The number of hydrogen-bond acceptors (Lipinski definition) is 3. The van der Waals surface area contributed by atoms with Crippen LogP contribution < -0.4 is 4.90 Å². The lowest BCUT2D eigenvalue weighted by atomic mass is 10.2. The molecule has 1 aromatic carbocycles. The highest BCUT2D eigenvalue weighted by Crippen LogP contribution is 2.33. The molecule has 2 rings (SSSR count). The van der Waals surface area contributed by atoms with Crippen molar-refractivity contribution in [1.82, 2.24) is 0 Å². The number of aryl methyl sites for hydroxylation is 1. The lowest BCUT2D eigenvalue weighted by Crippen LogP contribution is -2.25. The summed E-state index contributed by atoms with van der Waals surface area (Å²) in [5.74, 6) is 0.728. The summed E-state index contributed by atoms with van der Waals surface area (Å²) in [6, 6.07) is 4.91. The molecule has 0 aliphatic carbocycles. The van der Waals surface area contributed by atoms with Gasteiger partial charge >= 0.3 is 0 Å². The topological polar surface area (TPSA) is 53.7 Å². The van der Waals surface area contributed by atoms with Crippen molar-refractivity contribution in [3.05, 3.63) is 23.8 Å². The minimum atomic E-state index is -0.00335. The summed E-state index contributed by atoms with van der Waals surface area (Å²) < 4.78 is 5.63. The average molecular weight is 233 g/mol. The number of rotatable bonds is 2. The standard InChI is InChI=1S/C13H15NO3/c1-4-12(16)14(3)13-8(2)10-7-9(15)5-6-11(10)17-13/h5-7,15H,4H2,1-3H3. The van der Waals surface area contributed by atoms with E-state index in [2.05, 4.69) is 0 Å². The number of carbonyl (C=O) groups is 1. The van der Waals surface area contributed by atoms with Gasteiger partial charge in [-0.2, -0.15) is 0 Å². The number of benzene rings is 1. The Morgan fingerprint density at radius 1 is 1.47 bits per heavy atom. The van der Waals surface area contributed by atoms with E-state index in [4.69, 9.17) is 4.42 Å². The Morgan fingerprint density at radius 2 is 2.18 bits per heavy atom. The van der Waals surface area contributed by atoms with Gasteiger partial charge in [-0.25, -0.2) is 0 Å². The zero-order valence-electron chi connectivity index (χ0n) is 10.2. The minimum absolute atomic E-state index is 0.00335. The number of amides is 1. The first kappa shape index (κ1) is 11.5. The second-order valence-corrected chi connectivity index (χ2v) is 4.02. The van der Waals surface area contributed by atoms with Gasteiger partial charge in [0.25, 0.3) is 0 Å². The summed E-state index contributed by atoms with van der Waals surface area (Å²) in [4.78, 5) is 13.1. The van der Waals surface area contributed by atoms with Crippen LogP contribution in [-0.4, -0.2) is 18.1 Å². The highest BCUT2D eigenvalue weighted by molar-refractivity contribution is 5.96. The van der Waals surface area contributed by atoms with Gasteiger partial charge in [-0.15, -0.1) is 0 Å². The normalized spacial score (nSPS) is 10.8. The van der Waals surface area contributed by atoms with Gasteiger partial charge in [-0.3, -0.25) is 9.69 Å². The van der Waals surface area contributed by atoms with Crippen LogP contribution in [0.5, 0.6) is 5.75 Å². The van der Waals surface area contributed by atoms with E-state index in [1.165, 1.54) is 4.90 Å². The molecule has 17 heavy (non-hydrogen) atoms. The van der Waals surface area contributed by atoms with Crippen molar-refractivity contribution in [3.63, 3.8) is 0 Å². The summed E-state index contributed by atoms with van der Waals surface area (Å²) in [5.41, 5.74) is 1.53. The SMILES string of the molecule is CCC(=O)N(C)c1oc2ccc(O)cc2c1C. The van der Waals surface area contributed by atoms with Gasteiger partial charge in [0.1, 0.15) is 11.3 Å². The van der Waals surface area contributed by atoms with Gasteiger partial charge in [0.05, 0.1) is 0 Å². The van der Waals surface area contributed by atoms with E-state index in [1.54, 1.807) is 25.2 Å². The summed E-state index contributed by atoms with van der Waals surface area (Å²) >= 11 is 0. The Labute approximate surface area is 99.4 Å². The highest BCUT2D eigenvalue weighted by Gasteiger charge is 2.18. The lowest BCUT2D eigenvalue weighted by Gasteiger charge is -2.13. The minimum Gasteiger partial charge on any atom is -0.508 e. The van der Waals surface area contributed by atoms with E-state index in [-0.39, 0.29) is 11.7 Å². The molecule has 1 heterocycles. The Balaban J connectivity index is 2.56. The Hall–Kier alpha value is -1.97. The van der Waals surface area contributed by atoms with Crippen LogP contribution in [-0.2, 0) is 4.79 Å². The molecule has 0 aliphatic rings. The van der Waals surface area contributed by atoms with Gasteiger partial charge in [0.2, 0.25) is 11.8 Å². The fourth-order valence-electron chi connectivity index (χ4n) is 1.87. The molecular formula is C13H15NO3. The summed E-state index contributed by atoms with van der Waals surface area (Å²) in [5, 5.41) is 10.3. The average Bonchev–Trinajstić information content (AvgIpc) is 2.65. The summed E-state index contributed by atoms with van der Waals surface area (Å²) in [6.45, 7) is 3.68. The first-order valence-corrected chi connectivity index (χ1v) is 5.53. The summed E-state index contributed by atoms with van der Waals surface area (Å²) in [7, 11) is 1.69. The van der Waals surface area contributed by atoms with E-state index in [0.717, 1.165) is 10.9 Å². The van der Waals surface area contributed by atoms with Crippen LogP contribution in [0.2, 0.25) is 0 Å². The first-order valence-electron chi connectivity index (χ1n) is 5.53. The maximum Gasteiger partial charge on any atom is 0.228 e. The second kappa shape index (κ2) is 4.13. The van der Waals surface area contributed by atoms with Crippen molar-refractivity contribution >= 4 is 22.8 Å². The monoisotopic (exact) mass is 233 g/mol. The molecule has 2 aromatic rings. The molecule has 4 nitrogen and oxygen atoms in total. The quantitative estimate of drug-likeness (QED) is 0.867. The number of fused-ring (bicyclic) bond motifs is 1. The van der Waals surface area contributed by atoms with E-state index in [0.29, 0.717) is 17.9 Å². The molecule has 1 aromatic heterocycles. The third-order valence-corrected chi connectivity index (χ3v) is 2.88. The fourth-order valence-corrected chi connectivity index (χ4v) is 1.87. The first-order chi connectivity index (χ1) is 8.04. The van der Waals surface area contributed by atoms with Crippen molar-refractivity contribution in [2.24, 2.45) is 0 Å². The van der Waals surface area contributed by atoms with Gasteiger partial charge in [-0.1, -0.05) is 6.92 Å². The largest absolute Gasteiger partial charge is 0.508 e. The molecular weight excluding hydrogens is 218 g/mol. The van der Waals surface area contributed by atoms with Crippen LogP contribution >= 0.6 is 0 Å². The van der Waals surface area contributed by atoms with Crippen LogP contribution in [0, 0.1) is 6.92 Å². The van der Waals surface area contributed by atoms with Crippen LogP contribution in [0.3, 0.4) is 0 Å². The zero-order chi connectivity index (χ0) is 12.6. The van der Waals surface area contributed by atoms with Gasteiger partial charge in [-0.05, 0) is 25.1 Å². The molecule has 90 valence electrons. The molecule has 0 radical (unpaired) electrons. The van der Waals surface area contributed by atoms with Crippen molar-refractivity contribution in [2.75, 3.05) is 11.9 Å². The number of anilines is 1. The molecule has 0 fully saturated rings. The van der Waals surface area contributed by atoms with Crippen molar-refractivity contribution in [1.29, 1.82) is 0 Å². The predicted molar refractivity (Wildman–Crippen MR) is 66.3 cm³/mol. The zero-order valence-corrected chi connectivity index (χ0v) is 10.2. The van der Waals surface area contributed by atoms with E-state index >= 15 is 0 Å². The molecule has 1 amide bonds. The second-order valence-electron chi connectivity index (χ2n) is 4.02. The van der Waals surface area contributed by atoms with E-state index < -0.39 is 0 Å².